The molecule has 2 fully saturated rings. The Labute approximate surface area is 130 Å². The molecule has 1 aromatic carbocycles. The highest BCUT2D eigenvalue weighted by Gasteiger charge is 2.40. The molecule has 2 aliphatic rings. The van der Waals surface area contributed by atoms with E-state index in [0.717, 1.165) is 36.3 Å². The molecule has 5 nitrogen and oxygen atoms in total. The van der Waals surface area contributed by atoms with Gasteiger partial charge in [0.15, 0.2) is 0 Å². The van der Waals surface area contributed by atoms with Gasteiger partial charge in [0.1, 0.15) is 11.4 Å². The van der Waals surface area contributed by atoms with E-state index in [1.54, 1.807) is 0 Å². The Morgan fingerprint density at radius 1 is 1.09 bits per heavy atom. The summed E-state index contributed by atoms with van der Waals surface area (Å²) in [5.41, 5.74) is 3.11. The Morgan fingerprint density at radius 3 is 2.50 bits per heavy atom. The summed E-state index contributed by atoms with van der Waals surface area (Å²) in [5.74, 6) is 0.486. The average Bonchev–Trinajstić information content (AvgIpc) is 3.11. The zero-order valence-corrected chi connectivity index (χ0v) is 12.7. The number of aromatic amines is 1. The molecule has 2 saturated heterocycles. The smallest absolute Gasteiger partial charge is 0.117 e. The Bertz CT molecular complexity index is 613. The van der Waals surface area contributed by atoms with Gasteiger partial charge >= 0.3 is 0 Å². The minimum atomic E-state index is 0.333. The van der Waals surface area contributed by atoms with Gasteiger partial charge in [-0.25, -0.2) is 0 Å². The number of aliphatic hydroxyl groups is 1. The zero-order valence-electron chi connectivity index (χ0n) is 12.7. The van der Waals surface area contributed by atoms with E-state index < -0.39 is 0 Å². The molecular weight excluding hydrogens is 276 g/mol. The van der Waals surface area contributed by atoms with E-state index in [1.807, 2.05) is 18.2 Å². The van der Waals surface area contributed by atoms with E-state index in [4.69, 9.17) is 0 Å². The van der Waals surface area contributed by atoms with Crippen LogP contribution in [0, 0.1) is 5.92 Å². The third kappa shape index (κ3) is 2.44. The molecule has 2 aliphatic heterocycles. The van der Waals surface area contributed by atoms with Crippen molar-refractivity contribution in [3.05, 3.63) is 36.0 Å². The number of aliphatic hydroxyl groups excluding tert-OH is 1. The molecule has 22 heavy (non-hydrogen) atoms. The van der Waals surface area contributed by atoms with Crippen LogP contribution in [0.4, 0.5) is 0 Å². The van der Waals surface area contributed by atoms with E-state index in [1.165, 1.54) is 12.8 Å². The van der Waals surface area contributed by atoms with E-state index in [2.05, 4.69) is 32.4 Å². The van der Waals surface area contributed by atoms with Crippen molar-refractivity contribution in [1.82, 2.24) is 20.3 Å². The first-order valence-electron chi connectivity index (χ1n) is 8.17. The van der Waals surface area contributed by atoms with Crippen LogP contribution in [0.5, 0.6) is 0 Å². The molecule has 0 amide bonds. The van der Waals surface area contributed by atoms with Crippen molar-refractivity contribution in [1.29, 1.82) is 0 Å². The summed E-state index contributed by atoms with van der Waals surface area (Å²) in [4.78, 5) is 2.58. The number of hydrogen-bond acceptors (Lipinski definition) is 4. The van der Waals surface area contributed by atoms with Crippen molar-refractivity contribution in [3.8, 4) is 11.3 Å². The van der Waals surface area contributed by atoms with E-state index in [-0.39, 0.29) is 0 Å². The number of hydrogen-bond donors (Lipinski definition) is 2. The third-order valence-electron chi connectivity index (χ3n) is 5.24. The molecule has 2 N–H and O–H groups in total. The highest BCUT2D eigenvalue weighted by atomic mass is 16.3. The van der Waals surface area contributed by atoms with Crippen LogP contribution in [-0.2, 0) is 6.54 Å². The molecule has 0 spiro atoms. The standard InChI is InChI=1S/C17H22N4O/c22-11-12-8-14-6-7-15(9-12)21(14)10-16-17(19-20-18-16)13-4-2-1-3-5-13/h1-5,12,14-15,22H,6-11H2,(H,18,19,20)/t12?,14-,15+. The highest BCUT2D eigenvalue weighted by Crippen LogP contribution is 2.39. The summed E-state index contributed by atoms with van der Waals surface area (Å²) in [7, 11) is 0. The number of fused-ring (bicyclic) bond motifs is 2. The molecule has 0 aliphatic carbocycles. The molecule has 5 heteroatoms. The fourth-order valence-electron chi connectivity index (χ4n) is 4.16. The summed E-state index contributed by atoms with van der Waals surface area (Å²) in [6.07, 6.45) is 4.73. The second kappa shape index (κ2) is 5.82. The van der Waals surface area contributed by atoms with E-state index in [0.29, 0.717) is 24.6 Å². The molecule has 116 valence electrons. The van der Waals surface area contributed by atoms with Crippen molar-refractivity contribution < 1.29 is 5.11 Å². The van der Waals surface area contributed by atoms with Gasteiger partial charge in [-0.15, -0.1) is 0 Å². The SMILES string of the molecule is OCC1C[C@H]2CC[C@@H](C1)N2Cc1n[nH]nc1-c1ccccc1. The Morgan fingerprint density at radius 2 is 1.82 bits per heavy atom. The van der Waals surface area contributed by atoms with Gasteiger partial charge in [0.05, 0.1) is 0 Å². The quantitative estimate of drug-likeness (QED) is 0.908. The maximum Gasteiger partial charge on any atom is 0.117 e. The van der Waals surface area contributed by atoms with Gasteiger partial charge in [-0.05, 0) is 31.6 Å². The summed E-state index contributed by atoms with van der Waals surface area (Å²) < 4.78 is 0. The van der Waals surface area contributed by atoms with Crippen LogP contribution in [0.2, 0.25) is 0 Å². The fourth-order valence-corrected chi connectivity index (χ4v) is 4.16. The second-order valence-electron chi connectivity index (χ2n) is 6.56. The van der Waals surface area contributed by atoms with Gasteiger partial charge < -0.3 is 5.11 Å². The molecular formula is C17H22N4O. The molecule has 1 aromatic heterocycles. The first-order chi connectivity index (χ1) is 10.8. The molecule has 0 saturated carbocycles. The molecule has 2 bridgehead atoms. The van der Waals surface area contributed by atoms with Crippen molar-refractivity contribution in [2.24, 2.45) is 5.92 Å². The molecule has 1 unspecified atom stereocenters. The first kappa shape index (κ1) is 13.9. The molecule has 0 radical (unpaired) electrons. The highest BCUT2D eigenvalue weighted by molar-refractivity contribution is 5.60. The Kier molecular flexibility index (Phi) is 3.68. The number of H-pyrrole nitrogens is 1. The Hall–Kier alpha value is -1.72. The average molecular weight is 298 g/mol. The van der Waals surface area contributed by atoms with E-state index in [9.17, 15) is 5.11 Å². The zero-order chi connectivity index (χ0) is 14.9. The fraction of sp³-hybridized carbons (Fsp3) is 0.529. The predicted molar refractivity (Wildman–Crippen MR) is 84.0 cm³/mol. The number of piperidine rings is 1. The minimum Gasteiger partial charge on any atom is -0.396 e. The van der Waals surface area contributed by atoms with Gasteiger partial charge in [0, 0.05) is 30.8 Å². The number of nitrogens with one attached hydrogen (secondary N) is 1. The van der Waals surface area contributed by atoms with Gasteiger partial charge in [-0.1, -0.05) is 30.3 Å². The van der Waals surface area contributed by atoms with Crippen molar-refractivity contribution >= 4 is 0 Å². The normalized spacial score (nSPS) is 28.1. The number of rotatable bonds is 4. The third-order valence-corrected chi connectivity index (χ3v) is 5.24. The van der Waals surface area contributed by atoms with E-state index >= 15 is 0 Å². The lowest BCUT2D eigenvalue weighted by Gasteiger charge is -2.38. The van der Waals surface area contributed by atoms with Crippen molar-refractivity contribution in [2.75, 3.05) is 6.61 Å². The summed E-state index contributed by atoms with van der Waals surface area (Å²) in [6, 6.07) is 11.4. The summed E-state index contributed by atoms with van der Waals surface area (Å²) in [6.45, 7) is 1.19. The topological polar surface area (TPSA) is 65.0 Å². The first-order valence-corrected chi connectivity index (χ1v) is 8.17. The number of aromatic nitrogens is 3. The van der Waals surface area contributed by atoms with Crippen molar-refractivity contribution in [2.45, 2.75) is 44.3 Å². The largest absolute Gasteiger partial charge is 0.396 e. The van der Waals surface area contributed by atoms with Gasteiger partial charge in [0.2, 0.25) is 0 Å². The molecule has 2 aromatic rings. The van der Waals surface area contributed by atoms with Crippen LogP contribution in [-0.4, -0.2) is 44.1 Å². The van der Waals surface area contributed by atoms with Crippen LogP contribution in [0.1, 0.15) is 31.4 Å². The lowest BCUT2D eigenvalue weighted by molar-refractivity contribution is 0.0675. The second-order valence-corrected chi connectivity index (χ2v) is 6.56. The molecule has 3 heterocycles. The van der Waals surface area contributed by atoms with Crippen LogP contribution >= 0.6 is 0 Å². The van der Waals surface area contributed by atoms with Crippen LogP contribution in [0.15, 0.2) is 30.3 Å². The lowest BCUT2D eigenvalue weighted by Crippen LogP contribution is -2.43. The minimum absolute atomic E-state index is 0.333. The van der Waals surface area contributed by atoms with Gasteiger partial charge in [0.25, 0.3) is 0 Å². The lowest BCUT2D eigenvalue weighted by atomic mass is 9.91. The Balaban J connectivity index is 1.55. The number of nitrogens with zero attached hydrogens (tertiary/aromatic N) is 3. The maximum absolute atomic E-state index is 9.44. The van der Waals surface area contributed by atoms with Gasteiger partial charge in [-0.2, -0.15) is 15.4 Å². The maximum atomic E-state index is 9.44. The summed E-state index contributed by atoms with van der Waals surface area (Å²) in [5, 5.41) is 21.0. The predicted octanol–water partition coefficient (Wildman–Crippen LogP) is 2.21. The van der Waals surface area contributed by atoms with Crippen LogP contribution in [0.25, 0.3) is 11.3 Å². The molecule has 3 atom stereocenters. The van der Waals surface area contributed by atoms with Crippen LogP contribution < -0.4 is 0 Å². The van der Waals surface area contributed by atoms with Gasteiger partial charge in [-0.3, -0.25) is 4.90 Å². The number of benzene rings is 1. The van der Waals surface area contributed by atoms with Crippen LogP contribution in [0.3, 0.4) is 0 Å². The monoisotopic (exact) mass is 298 g/mol. The summed E-state index contributed by atoms with van der Waals surface area (Å²) >= 11 is 0. The van der Waals surface area contributed by atoms with Crippen molar-refractivity contribution in [3.63, 3.8) is 0 Å². The molecule has 4 rings (SSSR count).